The van der Waals surface area contributed by atoms with Gasteiger partial charge in [0.15, 0.2) is 0 Å². The molecule has 2 amide bonds. The van der Waals surface area contributed by atoms with Gasteiger partial charge in [0.25, 0.3) is 5.56 Å². The van der Waals surface area contributed by atoms with Gasteiger partial charge in [-0.05, 0) is 50.2 Å². The highest BCUT2D eigenvalue weighted by Crippen LogP contribution is 2.41. The molecule has 1 aromatic rings. The van der Waals surface area contributed by atoms with Crippen LogP contribution in [0.5, 0.6) is 0 Å². The summed E-state index contributed by atoms with van der Waals surface area (Å²) in [5, 5.41) is 5.76. The Morgan fingerprint density at radius 2 is 2.09 bits per heavy atom. The Kier molecular flexibility index (Phi) is 4.50. The highest BCUT2D eigenvalue weighted by Gasteiger charge is 2.34. The van der Waals surface area contributed by atoms with Crippen molar-refractivity contribution in [2.75, 3.05) is 5.32 Å². The average Bonchev–Trinajstić information content (AvgIpc) is 2.97. The van der Waals surface area contributed by atoms with Crippen molar-refractivity contribution in [2.45, 2.75) is 58.0 Å². The van der Waals surface area contributed by atoms with Gasteiger partial charge in [-0.15, -0.1) is 0 Å². The van der Waals surface area contributed by atoms with Crippen molar-refractivity contribution in [1.29, 1.82) is 0 Å². The predicted molar refractivity (Wildman–Crippen MR) is 87.0 cm³/mol. The second kappa shape index (κ2) is 6.55. The largest absolute Gasteiger partial charge is 0.335 e. The molecule has 1 heterocycles. The van der Waals surface area contributed by atoms with E-state index in [0.717, 1.165) is 24.7 Å². The first-order valence-electron chi connectivity index (χ1n) is 8.44. The fourth-order valence-corrected chi connectivity index (χ4v) is 4.06. The van der Waals surface area contributed by atoms with Crippen LogP contribution in [0.25, 0.3) is 0 Å². The van der Waals surface area contributed by atoms with E-state index in [4.69, 9.17) is 0 Å². The van der Waals surface area contributed by atoms with Crippen LogP contribution in [0.4, 0.5) is 10.5 Å². The number of hydrogen-bond donors (Lipinski definition) is 2. The number of nitrogens with zero attached hydrogens (tertiary/aromatic N) is 1. The van der Waals surface area contributed by atoms with E-state index in [-0.39, 0.29) is 17.6 Å². The van der Waals surface area contributed by atoms with Crippen LogP contribution in [0, 0.1) is 11.8 Å². The van der Waals surface area contributed by atoms with Gasteiger partial charge >= 0.3 is 6.03 Å². The Morgan fingerprint density at radius 3 is 2.91 bits per heavy atom. The summed E-state index contributed by atoms with van der Waals surface area (Å²) in [5.41, 5.74) is 0.191. The van der Waals surface area contributed by atoms with Crippen molar-refractivity contribution in [1.82, 2.24) is 9.88 Å². The maximum Gasteiger partial charge on any atom is 0.319 e. The van der Waals surface area contributed by atoms with Crippen LogP contribution in [0.15, 0.2) is 23.1 Å². The van der Waals surface area contributed by atoms with Crippen molar-refractivity contribution < 1.29 is 4.79 Å². The summed E-state index contributed by atoms with van der Waals surface area (Å²) in [6.07, 6.45) is 9.12. The van der Waals surface area contributed by atoms with Crippen LogP contribution in [0.3, 0.4) is 0 Å². The van der Waals surface area contributed by atoms with Gasteiger partial charge < -0.3 is 15.2 Å². The van der Waals surface area contributed by atoms with E-state index in [0.29, 0.717) is 12.2 Å². The monoisotopic (exact) mass is 303 g/mol. The number of anilines is 1. The number of pyridine rings is 1. The molecule has 120 valence electrons. The van der Waals surface area contributed by atoms with E-state index in [2.05, 4.69) is 10.6 Å². The molecule has 2 aliphatic carbocycles. The van der Waals surface area contributed by atoms with Gasteiger partial charge in [-0.25, -0.2) is 4.79 Å². The van der Waals surface area contributed by atoms with Gasteiger partial charge in [-0.2, -0.15) is 0 Å². The third kappa shape index (κ3) is 3.18. The highest BCUT2D eigenvalue weighted by molar-refractivity contribution is 5.89. The molecule has 0 radical (unpaired) electrons. The summed E-state index contributed by atoms with van der Waals surface area (Å²) in [6, 6.07) is 3.43. The number of nitrogens with one attached hydrogen (secondary N) is 2. The minimum atomic E-state index is -0.257. The molecule has 0 bridgehead atoms. The summed E-state index contributed by atoms with van der Waals surface area (Å²) in [7, 11) is 0. The van der Waals surface area contributed by atoms with Crippen LogP contribution in [0.2, 0.25) is 0 Å². The smallest absolute Gasteiger partial charge is 0.319 e. The summed E-state index contributed by atoms with van der Waals surface area (Å²) < 4.78 is 1.58. The SMILES string of the molecule is CCn1cccc(NC(=O)NC2CCC3CCCC3C2)c1=O. The molecule has 2 saturated carbocycles. The molecular formula is C17H25N3O2. The van der Waals surface area contributed by atoms with E-state index in [1.54, 1.807) is 22.9 Å². The number of fused-ring (bicyclic) bond motifs is 1. The predicted octanol–water partition coefficient (Wildman–Crippen LogP) is 2.96. The number of hydrogen-bond acceptors (Lipinski definition) is 2. The average molecular weight is 303 g/mol. The lowest BCUT2D eigenvalue weighted by atomic mass is 9.79. The Bertz CT molecular complexity index is 596. The molecule has 0 aromatic carbocycles. The van der Waals surface area contributed by atoms with Gasteiger partial charge in [0, 0.05) is 18.8 Å². The number of aryl methyl sites for hydroxylation is 1. The summed E-state index contributed by atoms with van der Waals surface area (Å²) in [4.78, 5) is 24.3. The third-order valence-electron chi connectivity index (χ3n) is 5.23. The van der Waals surface area contributed by atoms with Crippen LogP contribution < -0.4 is 16.2 Å². The van der Waals surface area contributed by atoms with Crippen molar-refractivity contribution in [3.8, 4) is 0 Å². The molecule has 0 saturated heterocycles. The maximum absolute atomic E-state index is 12.2. The number of aromatic nitrogens is 1. The second-order valence-electron chi connectivity index (χ2n) is 6.57. The zero-order valence-electron chi connectivity index (χ0n) is 13.2. The van der Waals surface area contributed by atoms with E-state index in [1.807, 2.05) is 6.92 Å². The van der Waals surface area contributed by atoms with Crippen LogP contribution >= 0.6 is 0 Å². The lowest BCUT2D eigenvalue weighted by molar-refractivity contribution is 0.215. The van der Waals surface area contributed by atoms with Crippen LogP contribution in [0.1, 0.15) is 45.4 Å². The van der Waals surface area contributed by atoms with Crippen LogP contribution in [-0.4, -0.2) is 16.6 Å². The molecule has 3 rings (SSSR count). The fourth-order valence-electron chi connectivity index (χ4n) is 4.06. The zero-order valence-corrected chi connectivity index (χ0v) is 13.2. The molecule has 1 aromatic heterocycles. The molecule has 2 aliphatic rings. The molecule has 0 spiro atoms. The Balaban J connectivity index is 1.58. The first-order chi connectivity index (χ1) is 10.7. The molecule has 2 fully saturated rings. The van der Waals surface area contributed by atoms with Crippen molar-refractivity contribution >= 4 is 11.7 Å². The Hall–Kier alpha value is -1.78. The van der Waals surface area contributed by atoms with Crippen molar-refractivity contribution in [2.24, 2.45) is 11.8 Å². The van der Waals surface area contributed by atoms with E-state index in [1.165, 1.54) is 25.7 Å². The fraction of sp³-hybridized carbons (Fsp3) is 0.647. The molecule has 5 nitrogen and oxygen atoms in total. The molecule has 22 heavy (non-hydrogen) atoms. The standard InChI is InChI=1S/C17H25N3O2/c1-2-20-10-4-7-15(16(20)21)19-17(22)18-14-9-8-12-5-3-6-13(12)11-14/h4,7,10,12-14H,2-3,5-6,8-9,11H2,1H3,(H2,18,19,22). The molecule has 3 unspecified atom stereocenters. The van der Waals surface area contributed by atoms with Gasteiger partial charge in [0.2, 0.25) is 0 Å². The van der Waals surface area contributed by atoms with Gasteiger partial charge in [-0.3, -0.25) is 4.79 Å². The zero-order chi connectivity index (χ0) is 15.5. The third-order valence-corrected chi connectivity index (χ3v) is 5.23. The minimum Gasteiger partial charge on any atom is -0.335 e. The molecule has 3 atom stereocenters. The quantitative estimate of drug-likeness (QED) is 0.901. The number of rotatable bonds is 3. The van der Waals surface area contributed by atoms with E-state index < -0.39 is 0 Å². The van der Waals surface area contributed by atoms with Gasteiger partial charge in [0.1, 0.15) is 5.69 Å². The maximum atomic E-state index is 12.2. The first kappa shape index (κ1) is 15.1. The normalized spacial score (nSPS) is 27.2. The number of carbonyl (C=O) groups excluding carboxylic acids is 1. The second-order valence-corrected chi connectivity index (χ2v) is 6.57. The van der Waals surface area contributed by atoms with Gasteiger partial charge in [-0.1, -0.05) is 19.3 Å². The van der Waals surface area contributed by atoms with E-state index in [9.17, 15) is 9.59 Å². The van der Waals surface area contributed by atoms with Crippen molar-refractivity contribution in [3.63, 3.8) is 0 Å². The lowest BCUT2D eigenvalue weighted by Crippen LogP contribution is -2.42. The highest BCUT2D eigenvalue weighted by atomic mass is 16.2. The van der Waals surface area contributed by atoms with Crippen LogP contribution in [-0.2, 0) is 6.54 Å². The molecule has 5 heteroatoms. The number of urea groups is 1. The summed E-state index contributed by atoms with van der Waals surface area (Å²) in [6.45, 7) is 2.51. The number of amides is 2. The summed E-state index contributed by atoms with van der Waals surface area (Å²) >= 11 is 0. The topological polar surface area (TPSA) is 63.1 Å². The molecule has 0 aliphatic heterocycles. The Labute approximate surface area is 131 Å². The number of carbonyl (C=O) groups is 1. The molecular weight excluding hydrogens is 278 g/mol. The lowest BCUT2D eigenvalue weighted by Gasteiger charge is -2.32. The van der Waals surface area contributed by atoms with Gasteiger partial charge in [0.05, 0.1) is 0 Å². The minimum absolute atomic E-state index is 0.153. The van der Waals surface area contributed by atoms with Crippen molar-refractivity contribution in [3.05, 3.63) is 28.7 Å². The summed E-state index contributed by atoms with van der Waals surface area (Å²) in [5.74, 6) is 1.67. The first-order valence-corrected chi connectivity index (χ1v) is 8.44. The molecule has 2 N–H and O–H groups in total. The van der Waals surface area contributed by atoms with E-state index >= 15 is 0 Å². The Morgan fingerprint density at radius 1 is 1.27 bits per heavy atom.